The van der Waals surface area contributed by atoms with Crippen LogP contribution < -0.4 is 5.32 Å². The molecule has 0 saturated carbocycles. The van der Waals surface area contributed by atoms with Crippen LogP contribution in [0.5, 0.6) is 0 Å². The number of hydrogen-bond acceptors (Lipinski definition) is 5. The fraction of sp³-hybridized carbons (Fsp3) is 0.125. The third-order valence-corrected chi connectivity index (χ3v) is 2.53. The molecular weight excluding hydrogens is 220 g/mol. The van der Waals surface area contributed by atoms with E-state index in [4.69, 9.17) is 11.6 Å². The number of nitrogens with zero attached hydrogens (tertiary/aromatic N) is 3. The summed E-state index contributed by atoms with van der Waals surface area (Å²) in [5.41, 5.74) is 1.79. The predicted molar refractivity (Wildman–Crippen MR) is 56.5 cm³/mol. The molecule has 0 atom stereocenters. The Labute approximate surface area is 90.0 Å². The van der Waals surface area contributed by atoms with Crippen molar-refractivity contribution in [2.45, 2.75) is 6.54 Å². The first-order valence-corrected chi connectivity index (χ1v) is 5.20. The van der Waals surface area contributed by atoms with Crippen LogP contribution in [0.2, 0.25) is 5.02 Å². The van der Waals surface area contributed by atoms with Gasteiger partial charge in [-0.3, -0.25) is 4.98 Å². The van der Waals surface area contributed by atoms with Gasteiger partial charge in [-0.05, 0) is 0 Å². The first-order chi connectivity index (χ1) is 6.84. The van der Waals surface area contributed by atoms with Crippen molar-refractivity contribution in [3.63, 3.8) is 0 Å². The van der Waals surface area contributed by atoms with Crippen LogP contribution in [-0.4, -0.2) is 15.2 Å². The first-order valence-electron chi connectivity index (χ1n) is 3.94. The SMILES string of the molecule is Clc1cnnc(NCc2cncs2)c1. The molecule has 0 amide bonds. The molecule has 0 aliphatic heterocycles. The van der Waals surface area contributed by atoms with E-state index in [0.29, 0.717) is 17.4 Å². The third-order valence-electron chi connectivity index (χ3n) is 1.55. The summed E-state index contributed by atoms with van der Waals surface area (Å²) < 4.78 is 0. The largest absolute Gasteiger partial charge is 0.364 e. The highest BCUT2D eigenvalue weighted by atomic mass is 35.5. The van der Waals surface area contributed by atoms with Crippen molar-refractivity contribution >= 4 is 28.8 Å². The minimum Gasteiger partial charge on any atom is -0.364 e. The van der Waals surface area contributed by atoms with Crippen molar-refractivity contribution in [2.24, 2.45) is 0 Å². The van der Waals surface area contributed by atoms with Gasteiger partial charge < -0.3 is 5.32 Å². The first kappa shape index (κ1) is 9.36. The summed E-state index contributed by atoms with van der Waals surface area (Å²) in [6.45, 7) is 0.694. The lowest BCUT2D eigenvalue weighted by atomic mass is 10.5. The second-order valence-corrected chi connectivity index (χ2v) is 3.99. The fourth-order valence-corrected chi connectivity index (χ4v) is 1.62. The molecule has 2 heterocycles. The maximum absolute atomic E-state index is 5.75. The smallest absolute Gasteiger partial charge is 0.150 e. The number of halogens is 1. The van der Waals surface area contributed by atoms with Gasteiger partial charge in [-0.15, -0.1) is 16.4 Å². The lowest BCUT2D eigenvalue weighted by Gasteiger charge is -2.01. The molecule has 0 saturated heterocycles. The molecule has 0 aromatic carbocycles. The van der Waals surface area contributed by atoms with Crippen molar-refractivity contribution in [3.05, 3.63) is 33.9 Å². The van der Waals surface area contributed by atoms with E-state index < -0.39 is 0 Å². The quantitative estimate of drug-likeness (QED) is 0.872. The third kappa shape index (κ3) is 2.40. The zero-order chi connectivity index (χ0) is 9.80. The minimum atomic E-state index is 0.576. The second-order valence-electron chi connectivity index (χ2n) is 2.58. The zero-order valence-electron chi connectivity index (χ0n) is 7.14. The predicted octanol–water partition coefficient (Wildman–Crippen LogP) is 2.20. The monoisotopic (exact) mass is 226 g/mol. The van der Waals surface area contributed by atoms with Gasteiger partial charge in [0, 0.05) is 17.1 Å². The summed E-state index contributed by atoms with van der Waals surface area (Å²) >= 11 is 7.34. The van der Waals surface area contributed by atoms with Gasteiger partial charge in [0.25, 0.3) is 0 Å². The fourth-order valence-electron chi connectivity index (χ4n) is 0.936. The molecule has 0 aliphatic carbocycles. The summed E-state index contributed by atoms with van der Waals surface area (Å²) in [6, 6.07) is 1.73. The highest BCUT2D eigenvalue weighted by molar-refractivity contribution is 7.09. The molecule has 6 heteroatoms. The van der Waals surface area contributed by atoms with E-state index in [0.717, 1.165) is 4.88 Å². The van der Waals surface area contributed by atoms with E-state index in [1.54, 1.807) is 22.9 Å². The molecule has 0 aliphatic rings. The number of nitrogens with one attached hydrogen (secondary N) is 1. The lowest BCUT2D eigenvalue weighted by molar-refractivity contribution is 1.00. The van der Waals surface area contributed by atoms with E-state index in [-0.39, 0.29) is 0 Å². The van der Waals surface area contributed by atoms with Gasteiger partial charge in [0.2, 0.25) is 0 Å². The number of thiazole rings is 1. The van der Waals surface area contributed by atoms with Crippen molar-refractivity contribution < 1.29 is 0 Å². The summed E-state index contributed by atoms with van der Waals surface area (Å²) in [7, 11) is 0. The number of aromatic nitrogens is 3. The molecular formula is C8H7ClN4S. The molecule has 2 aromatic rings. The van der Waals surface area contributed by atoms with E-state index >= 15 is 0 Å². The van der Waals surface area contributed by atoms with Crippen LogP contribution in [0.15, 0.2) is 24.0 Å². The van der Waals surface area contributed by atoms with Gasteiger partial charge in [0.15, 0.2) is 0 Å². The normalized spacial score (nSPS) is 10.1. The van der Waals surface area contributed by atoms with Crippen LogP contribution in [0.25, 0.3) is 0 Å². The average molecular weight is 227 g/mol. The Bertz CT molecular complexity index is 403. The van der Waals surface area contributed by atoms with Crippen LogP contribution in [-0.2, 0) is 6.54 Å². The number of hydrogen-bond donors (Lipinski definition) is 1. The zero-order valence-corrected chi connectivity index (χ0v) is 8.72. The Morgan fingerprint density at radius 1 is 1.43 bits per heavy atom. The summed E-state index contributed by atoms with van der Waals surface area (Å²) in [5, 5.41) is 11.3. The standard InChI is InChI=1S/C8H7ClN4S/c9-6-1-8(13-12-2-6)11-4-7-3-10-5-14-7/h1-3,5H,4H2,(H,11,13). The van der Waals surface area contributed by atoms with E-state index in [1.165, 1.54) is 6.20 Å². The lowest BCUT2D eigenvalue weighted by Crippen LogP contribution is -2.00. The molecule has 0 unspecified atom stereocenters. The maximum atomic E-state index is 5.75. The van der Waals surface area contributed by atoms with Crippen LogP contribution in [0, 0.1) is 0 Å². The molecule has 0 bridgehead atoms. The highest BCUT2D eigenvalue weighted by Crippen LogP contribution is 2.12. The van der Waals surface area contributed by atoms with Gasteiger partial charge in [-0.1, -0.05) is 11.6 Å². The van der Waals surface area contributed by atoms with E-state index in [2.05, 4.69) is 20.5 Å². The van der Waals surface area contributed by atoms with Gasteiger partial charge in [-0.2, -0.15) is 5.10 Å². The summed E-state index contributed by atoms with van der Waals surface area (Å²) in [6.07, 6.45) is 3.31. The van der Waals surface area contributed by atoms with E-state index in [1.807, 2.05) is 6.20 Å². The van der Waals surface area contributed by atoms with Crippen molar-refractivity contribution in [3.8, 4) is 0 Å². The minimum absolute atomic E-state index is 0.576. The van der Waals surface area contributed by atoms with Gasteiger partial charge in [-0.25, -0.2) is 0 Å². The average Bonchev–Trinajstić information content (AvgIpc) is 2.67. The van der Waals surface area contributed by atoms with Gasteiger partial charge in [0.05, 0.1) is 23.3 Å². The molecule has 14 heavy (non-hydrogen) atoms. The van der Waals surface area contributed by atoms with Crippen LogP contribution >= 0.6 is 22.9 Å². The Kier molecular flexibility index (Phi) is 2.90. The van der Waals surface area contributed by atoms with Crippen molar-refractivity contribution in [1.82, 2.24) is 15.2 Å². The number of anilines is 1. The molecule has 2 rings (SSSR count). The van der Waals surface area contributed by atoms with Crippen LogP contribution in [0.4, 0.5) is 5.82 Å². The van der Waals surface area contributed by atoms with Crippen molar-refractivity contribution in [2.75, 3.05) is 5.32 Å². The number of rotatable bonds is 3. The Morgan fingerprint density at radius 3 is 3.07 bits per heavy atom. The maximum Gasteiger partial charge on any atom is 0.150 e. The molecule has 0 radical (unpaired) electrons. The molecule has 0 fully saturated rings. The topological polar surface area (TPSA) is 50.7 Å². The Morgan fingerprint density at radius 2 is 2.36 bits per heavy atom. The second kappa shape index (κ2) is 4.34. The Balaban J connectivity index is 1.98. The Hall–Kier alpha value is -1.20. The summed E-state index contributed by atoms with van der Waals surface area (Å²) in [5.74, 6) is 0.672. The molecule has 72 valence electrons. The molecule has 4 nitrogen and oxygen atoms in total. The van der Waals surface area contributed by atoms with Crippen LogP contribution in [0.3, 0.4) is 0 Å². The van der Waals surface area contributed by atoms with Crippen molar-refractivity contribution in [1.29, 1.82) is 0 Å². The summed E-state index contributed by atoms with van der Waals surface area (Å²) in [4.78, 5) is 5.11. The van der Waals surface area contributed by atoms with Gasteiger partial charge in [0.1, 0.15) is 5.82 Å². The molecule has 2 aromatic heterocycles. The van der Waals surface area contributed by atoms with E-state index in [9.17, 15) is 0 Å². The molecule has 1 N–H and O–H groups in total. The molecule has 0 spiro atoms. The van der Waals surface area contributed by atoms with Gasteiger partial charge >= 0.3 is 0 Å². The highest BCUT2D eigenvalue weighted by Gasteiger charge is 1.97. The van der Waals surface area contributed by atoms with Crippen LogP contribution in [0.1, 0.15) is 4.88 Å².